The summed E-state index contributed by atoms with van der Waals surface area (Å²) in [6.07, 6.45) is 2.59. The predicted molar refractivity (Wildman–Crippen MR) is 135 cm³/mol. The van der Waals surface area contributed by atoms with Crippen LogP contribution < -0.4 is 21.7 Å². The van der Waals surface area contributed by atoms with Gasteiger partial charge in [-0.15, -0.1) is 0 Å². The van der Waals surface area contributed by atoms with E-state index in [1.165, 1.54) is 18.7 Å². The summed E-state index contributed by atoms with van der Waals surface area (Å²) in [5.41, 5.74) is 7.30. The van der Waals surface area contributed by atoms with Gasteiger partial charge in [-0.1, -0.05) is 18.2 Å². The number of aliphatic hydroxyl groups is 2. The van der Waals surface area contributed by atoms with E-state index in [0.717, 1.165) is 16.5 Å². The number of rotatable bonds is 14. The predicted octanol–water partition coefficient (Wildman–Crippen LogP) is -1.30. The number of aromatic amines is 1. The number of nitrogens with one attached hydrogen (secondary N) is 4. The van der Waals surface area contributed by atoms with E-state index in [9.17, 15) is 29.4 Å². The molecular weight excluding hydrogens is 490 g/mol. The highest BCUT2D eigenvalue weighted by atomic mass is 32.2. The highest BCUT2D eigenvalue weighted by Gasteiger charge is 2.31. The van der Waals surface area contributed by atoms with Crippen LogP contribution >= 0.6 is 11.8 Å². The Morgan fingerprint density at radius 1 is 1.03 bits per heavy atom. The van der Waals surface area contributed by atoms with Crippen LogP contribution in [0.3, 0.4) is 0 Å². The van der Waals surface area contributed by atoms with Crippen LogP contribution in [0, 0.1) is 0 Å². The van der Waals surface area contributed by atoms with E-state index in [0.29, 0.717) is 5.75 Å². The van der Waals surface area contributed by atoms with Crippen LogP contribution in [0.15, 0.2) is 30.5 Å². The quantitative estimate of drug-likeness (QED) is 0.148. The molecule has 36 heavy (non-hydrogen) atoms. The Bertz CT molecular complexity index is 1060. The summed E-state index contributed by atoms with van der Waals surface area (Å²) in [6, 6.07) is 2.32. The van der Waals surface area contributed by atoms with Gasteiger partial charge in [-0.2, -0.15) is 11.8 Å². The Balaban J connectivity index is 2.28. The molecule has 5 unspecified atom stereocenters. The van der Waals surface area contributed by atoms with Gasteiger partial charge in [0.1, 0.15) is 24.2 Å². The second-order valence-corrected chi connectivity index (χ2v) is 9.30. The smallest absolute Gasteiger partial charge is 0.328 e. The number of H-pyrrole nitrogens is 1. The summed E-state index contributed by atoms with van der Waals surface area (Å²) in [5, 5.41) is 36.2. The van der Waals surface area contributed by atoms with Gasteiger partial charge in [0, 0.05) is 23.5 Å². The van der Waals surface area contributed by atoms with Crippen LogP contribution in [0.1, 0.15) is 18.9 Å². The lowest BCUT2D eigenvalue weighted by atomic mass is 10.0. The van der Waals surface area contributed by atoms with E-state index in [1.807, 2.05) is 30.5 Å². The van der Waals surface area contributed by atoms with Gasteiger partial charge in [-0.05, 0) is 37.0 Å². The molecule has 0 aliphatic carbocycles. The van der Waals surface area contributed by atoms with Crippen molar-refractivity contribution >= 4 is 46.4 Å². The Kier molecular flexibility index (Phi) is 11.2. The van der Waals surface area contributed by atoms with Crippen LogP contribution in [0.2, 0.25) is 0 Å². The van der Waals surface area contributed by atoms with Crippen molar-refractivity contribution in [3.8, 4) is 0 Å². The van der Waals surface area contributed by atoms with Crippen molar-refractivity contribution < 1.29 is 34.5 Å². The number of carboxylic acid groups (broad SMARTS) is 1. The van der Waals surface area contributed by atoms with Gasteiger partial charge in [0.2, 0.25) is 17.7 Å². The maximum atomic E-state index is 13.3. The first kappa shape index (κ1) is 29.1. The van der Waals surface area contributed by atoms with Gasteiger partial charge in [0.15, 0.2) is 0 Å². The molecule has 0 bridgehead atoms. The molecular formula is C23H33N5O7S. The Morgan fingerprint density at radius 2 is 1.64 bits per heavy atom. The molecule has 1 heterocycles. The van der Waals surface area contributed by atoms with E-state index in [-0.39, 0.29) is 12.8 Å². The van der Waals surface area contributed by atoms with Crippen LogP contribution in [-0.4, -0.2) is 92.9 Å². The fraction of sp³-hybridized carbons (Fsp3) is 0.478. The largest absolute Gasteiger partial charge is 0.480 e. The van der Waals surface area contributed by atoms with Crippen LogP contribution in [-0.2, 0) is 25.6 Å². The zero-order valence-corrected chi connectivity index (χ0v) is 20.9. The Morgan fingerprint density at radius 3 is 2.25 bits per heavy atom. The van der Waals surface area contributed by atoms with Crippen LogP contribution in [0.4, 0.5) is 0 Å². The van der Waals surface area contributed by atoms with Crippen molar-refractivity contribution in [1.82, 2.24) is 20.9 Å². The maximum absolute atomic E-state index is 13.3. The number of carbonyl (C=O) groups is 4. The average Bonchev–Trinajstić information content (AvgIpc) is 3.26. The van der Waals surface area contributed by atoms with Gasteiger partial charge in [0.25, 0.3) is 0 Å². The maximum Gasteiger partial charge on any atom is 0.328 e. The Hall–Kier alpha value is -3.13. The number of carboxylic acids is 1. The van der Waals surface area contributed by atoms with E-state index < -0.39 is 60.6 Å². The second-order valence-electron chi connectivity index (χ2n) is 8.32. The van der Waals surface area contributed by atoms with Gasteiger partial charge < -0.3 is 42.0 Å². The van der Waals surface area contributed by atoms with Gasteiger partial charge in [-0.25, -0.2) is 4.79 Å². The summed E-state index contributed by atoms with van der Waals surface area (Å²) in [4.78, 5) is 52.9. The number of para-hydroxylation sites is 1. The minimum absolute atomic E-state index is 0.0549. The molecule has 5 atom stereocenters. The normalized spacial score (nSPS) is 15.4. The lowest BCUT2D eigenvalue weighted by Crippen LogP contribution is -2.59. The lowest BCUT2D eigenvalue weighted by Gasteiger charge is -2.25. The number of carbonyl (C=O) groups excluding carboxylic acids is 3. The summed E-state index contributed by atoms with van der Waals surface area (Å²) >= 11 is 1.42. The molecule has 2 rings (SSSR count). The van der Waals surface area contributed by atoms with E-state index in [1.54, 1.807) is 6.20 Å². The molecule has 0 saturated heterocycles. The lowest BCUT2D eigenvalue weighted by molar-refractivity contribution is -0.143. The van der Waals surface area contributed by atoms with Crippen molar-refractivity contribution in [3.05, 3.63) is 36.0 Å². The number of hydrogen-bond donors (Lipinski definition) is 8. The molecule has 0 spiro atoms. The van der Waals surface area contributed by atoms with Crippen molar-refractivity contribution in [2.75, 3.05) is 18.6 Å². The summed E-state index contributed by atoms with van der Waals surface area (Å²) < 4.78 is 0. The summed E-state index contributed by atoms with van der Waals surface area (Å²) in [6.45, 7) is 0.530. The molecule has 13 heteroatoms. The van der Waals surface area contributed by atoms with Crippen molar-refractivity contribution in [2.24, 2.45) is 5.73 Å². The number of fused-ring (bicyclic) bond motifs is 1. The SMILES string of the molecule is CSCCC(NC(=O)C(Cc1c[nH]c2ccccc12)NC(=O)C(N)C(C)O)C(=O)NC(CO)C(=O)O. The highest BCUT2D eigenvalue weighted by Crippen LogP contribution is 2.19. The summed E-state index contributed by atoms with van der Waals surface area (Å²) in [7, 11) is 0. The van der Waals surface area contributed by atoms with Gasteiger partial charge >= 0.3 is 5.97 Å². The third kappa shape index (κ3) is 7.95. The van der Waals surface area contributed by atoms with Crippen molar-refractivity contribution in [2.45, 2.75) is 50.0 Å². The van der Waals surface area contributed by atoms with Gasteiger partial charge in [0.05, 0.1) is 12.7 Å². The highest BCUT2D eigenvalue weighted by molar-refractivity contribution is 7.98. The molecule has 0 aliphatic heterocycles. The van der Waals surface area contributed by atoms with Crippen LogP contribution in [0.5, 0.6) is 0 Å². The number of hydrogen-bond acceptors (Lipinski definition) is 8. The first-order chi connectivity index (χ1) is 17.1. The number of nitrogens with two attached hydrogens (primary N) is 1. The molecule has 0 fully saturated rings. The molecule has 198 valence electrons. The second kappa shape index (κ2) is 13.8. The molecule has 1 aromatic carbocycles. The number of thioether (sulfide) groups is 1. The van der Waals surface area contributed by atoms with Crippen molar-refractivity contribution in [1.29, 1.82) is 0 Å². The number of aliphatic carboxylic acids is 1. The third-order valence-corrected chi connectivity index (χ3v) is 6.24. The van der Waals surface area contributed by atoms with Crippen molar-refractivity contribution in [3.63, 3.8) is 0 Å². The molecule has 0 radical (unpaired) electrons. The molecule has 2 aromatic rings. The zero-order valence-electron chi connectivity index (χ0n) is 20.1. The third-order valence-electron chi connectivity index (χ3n) is 5.60. The molecule has 0 saturated carbocycles. The number of aliphatic hydroxyl groups excluding tert-OH is 2. The number of amides is 3. The topological polar surface area (TPSA) is 207 Å². The van der Waals surface area contributed by atoms with Gasteiger partial charge in [-0.3, -0.25) is 14.4 Å². The minimum atomic E-state index is -1.53. The first-order valence-corrected chi connectivity index (χ1v) is 12.7. The molecule has 0 aliphatic rings. The fourth-order valence-corrected chi connectivity index (χ4v) is 3.92. The average molecular weight is 524 g/mol. The Labute approximate surface area is 212 Å². The first-order valence-electron chi connectivity index (χ1n) is 11.3. The summed E-state index contributed by atoms with van der Waals surface area (Å²) in [5.74, 6) is -3.17. The number of aromatic nitrogens is 1. The van der Waals surface area contributed by atoms with E-state index >= 15 is 0 Å². The monoisotopic (exact) mass is 523 g/mol. The molecule has 9 N–H and O–H groups in total. The fourth-order valence-electron chi connectivity index (χ4n) is 3.45. The minimum Gasteiger partial charge on any atom is -0.480 e. The molecule has 3 amide bonds. The molecule has 12 nitrogen and oxygen atoms in total. The zero-order chi connectivity index (χ0) is 26.8. The van der Waals surface area contributed by atoms with Crippen LogP contribution in [0.25, 0.3) is 10.9 Å². The van der Waals surface area contributed by atoms with E-state index in [4.69, 9.17) is 10.8 Å². The molecule has 1 aromatic heterocycles. The number of benzene rings is 1. The standard InChI is InChI=1S/C23H33N5O7S/c1-12(30)19(24)22(33)27-17(9-13-10-25-15-6-4-3-5-14(13)15)21(32)26-16(7-8-36-2)20(31)28-18(11-29)23(34)35/h3-6,10,12,16-19,25,29-30H,7-9,11,24H2,1-2H3,(H,26,32)(H,27,33)(H,28,31)(H,34,35). The van der Waals surface area contributed by atoms with E-state index in [2.05, 4.69) is 20.9 Å².